The molecular formula is C17H23N3O4S. The molecule has 0 aliphatic carbocycles. The number of likely N-dealkylation sites (tertiary alicyclic amines) is 1. The van der Waals surface area contributed by atoms with E-state index in [0.29, 0.717) is 19.6 Å². The van der Waals surface area contributed by atoms with E-state index in [-0.39, 0.29) is 23.8 Å². The van der Waals surface area contributed by atoms with Crippen LogP contribution in [0.25, 0.3) is 0 Å². The second-order valence-corrected chi connectivity index (χ2v) is 8.31. The van der Waals surface area contributed by atoms with Gasteiger partial charge in [0.1, 0.15) is 5.60 Å². The van der Waals surface area contributed by atoms with Gasteiger partial charge in [0.05, 0.1) is 24.5 Å². The van der Waals surface area contributed by atoms with Crippen LogP contribution in [0, 0.1) is 11.8 Å². The molecule has 3 fully saturated rings. The molecule has 4 aliphatic heterocycles. The molecule has 3 amide bonds. The second kappa shape index (κ2) is 6.32. The third-order valence-electron chi connectivity index (χ3n) is 5.54. The summed E-state index contributed by atoms with van der Waals surface area (Å²) < 4.78 is 6.12. The molecule has 7 nitrogen and oxygen atoms in total. The third kappa shape index (κ3) is 2.75. The molecule has 0 aromatic rings. The molecule has 0 aromatic carbocycles. The SMILES string of the molecule is CC(=O)NCCN1C[C@]23C=C[C@H](O2)C(C(=O)N2CCSCC2)C3C1=O. The number of carbonyl (C=O) groups is 3. The zero-order chi connectivity index (χ0) is 17.6. The van der Waals surface area contributed by atoms with E-state index in [1.807, 2.05) is 28.8 Å². The van der Waals surface area contributed by atoms with Crippen LogP contribution in [0.15, 0.2) is 12.2 Å². The summed E-state index contributed by atoms with van der Waals surface area (Å²) in [5.74, 6) is 0.977. The Bertz CT molecular complexity index is 633. The van der Waals surface area contributed by atoms with Crippen LogP contribution in [0.5, 0.6) is 0 Å². The highest BCUT2D eigenvalue weighted by Gasteiger charge is 2.67. The van der Waals surface area contributed by atoms with E-state index in [1.165, 1.54) is 6.92 Å². The third-order valence-corrected chi connectivity index (χ3v) is 6.48. The average Bonchev–Trinajstić information content (AvgIpc) is 3.23. The van der Waals surface area contributed by atoms with Crippen molar-refractivity contribution in [3.63, 3.8) is 0 Å². The van der Waals surface area contributed by atoms with E-state index >= 15 is 0 Å². The van der Waals surface area contributed by atoms with Crippen LogP contribution >= 0.6 is 11.8 Å². The first-order chi connectivity index (χ1) is 12.0. The van der Waals surface area contributed by atoms with Crippen LogP contribution in [0.3, 0.4) is 0 Å². The molecule has 0 aromatic heterocycles. The summed E-state index contributed by atoms with van der Waals surface area (Å²) in [5, 5.41) is 2.72. The van der Waals surface area contributed by atoms with Gasteiger partial charge in [0, 0.05) is 44.6 Å². The first-order valence-corrected chi connectivity index (χ1v) is 9.94. The van der Waals surface area contributed by atoms with E-state index in [1.54, 1.807) is 4.90 Å². The normalized spacial score (nSPS) is 36.0. The fraction of sp³-hybridized carbons (Fsp3) is 0.706. The van der Waals surface area contributed by atoms with Crippen molar-refractivity contribution in [1.29, 1.82) is 0 Å². The van der Waals surface area contributed by atoms with Gasteiger partial charge in [-0.15, -0.1) is 0 Å². The molecule has 25 heavy (non-hydrogen) atoms. The summed E-state index contributed by atoms with van der Waals surface area (Å²) in [6, 6.07) is 0. The number of ether oxygens (including phenoxy) is 1. The fourth-order valence-electron chi connectivity index (χ4n) is 4.41. The lowest BCUT2D eigenvalue weighted by Crippen LogP contribution is -2.48. The van der Waals surface area contributed by atoms with Crippen molar-refractivity contribution in [1.82, 2.24) is 15.1 Å². The summed E-state index contributed by atoms with van der Waals surface area (Å²) in [4.78, 5) is 40.7. The van der Waals surface area contributed by atoms with Gasteiger partial charge >= 0.3 is 0 Å². The standard InChI is InChI=1S/C17H23N3O4S/c1-11(21)18-4-5-20-10-17-3-2-12(24-17)13(14(17)16(20)23)15(22)19-6-8-25-9-7-19/h2-3,12-14H,4-10H2,1H3,(H,18,21)/t12-,13?,14?,17-/m0/s1. The van der Waals surface area contributed by atoms with Gasteiger partial charge in [-0.25, -0.2) is 0 Å². The number of nitrogens with zero attached hydrogens (tertiary/aromatic N) is 2. The Morgan fingerprint density at radius 1 is 1.40 bits per heavy atom. The van der Waals surface area contributed by atoms with Crippen LogP contribution in [0.1, 0.15) is 6.92 Å². The maximum Gasteiger partial charge on any atom is 0.230 e. The van der Waals surface area contributed by atoms with E-state index in [2.05, 4.69) is 5.32 Å². The zero-order valence-corrected chi connectivity index (χ0v) is 15.1. The topological polar surface area (TPSA) is 79.0 Å². The van der Waals surface area contributed by atoms with Gasteiger partial charge in [0.2, 0.25) is 17.7 Å². The molecule has 3 saturated heterocycles. The molecule has 136 valence electrons. The number of rotatable bonds is 4. The molecule has 8 heteroatoms. The molecule has 1 spiro atoms. The fourth-order valence-corrected chi connectivity index (χ4v) is 5.31. The largest absolute Gasteiger partial charge is 0.360 e. The average molecular weight is 365 g/mol. The van der Waals surface area contributed by atoms with Crippen molar-refractivity contribution >= 4 is 29.5 Å². The van der Waals surface area contributed by atoms with Gasteiger partial charge in [0.15, 0.2) is 0 Å². The summed E-state index contributed by atoms with van der Waals surface area (Å²) in [7, 11) is 0. The highest BCUT2D eigenvalue weighted by molar-refractivity contribution is 7.99. The Kier molecular flexibility index (Phi) is 4.27. The monoisotopic (exact) mass is 365 g/mol. The summed E-state index contributed by atoms with van der Waals surface area (Å²) >= 11 is 1.86. The van der Waals surface area contributed by atoms with E-state index in [9.17, 15) is 14.4 Å². The summed E-state index contributed by atoms with van der Waals surface area (Å²) in [6.45, 7) is 4.27. The molecule has 4 aliphatic rings. The number of hydrogen-bond donors (Lipinski definition) is 1. The van der Waals surface area contributed by atoms with Crippen molar-refractivity contribution in [3.05, 3.63) is 12.2 Å². The molecule has 2 bridgehead atoms. The van der Waals surface area contributed by atoms with Crippen LogP contribution in [0.4, 0.5) is 0 Å². The molecule has 0 radical (unpaired) electrons. The predicted octanol–water partition coefficient (Wildman–Crippen LogP) is -0.520. The zero-order valence-electron chi connectivity index (χ0n) is 14.3. The van der Waals surface area contributed by atoms with Crippen LogP contribution in [-0.2, 0) is 19.1 Å². The highest BCUT2D eigenvalue weighted by Crippen LogP contribution is 2.52. The minimum absolute atomic E-state index is 0.0260. The Labute approximate surface area is 151 Å². The van der Waals surface area contributed by atoms with Gasteiger partial charge in [-0.2, -0.15) is 11.8 Å². The predicted molar refractivity (Wildman–Crippen MR) is 92.9 cm³/mol. The highest BCUT2D eigenvalue weighted by atomic mass is 32.2. The minimum Gasteiger partial charge on any atom is -0.360 e. The smallest absolute Gasteiger partial charge is 0.230 e. The molecule has 4 rings (SSSR count). The maximum absolute atomic E-state index is 13.1. The van der Waals surface area contributed by atoms with Crippen molar-refractivity contribution in [2.75, 3.05) is 44.2 Å². The lowest BCUT2D eigenvalue weighted by molar-refractivity contribution is -0.143. The van der Waals surface area contributed by atoms with Gasteiger partial charge in [-0.05, 0) is 0 Å². The van der Waals surface area contributed by atoms with Gasteiger partial charge in [-0.3, -0.25) is 14.4 Å². The van der Waals surface area contributed by atoms with Crippen LogP contribution < -0.4 is 5.32 Å². The molecule has 4 atom stereocenters. The lowest BCUT2D eigenvalue weighted by Gasteiger charge is -2.32. The summed E-state index contributed by atoms with van der Waals surface area (Å²) in [6.07, 6.45) is 3.63. The molecule has 4 heterocycles. The maximum atomic E-state index is 13.1. The van der Waals surface area contributed by atoms with Crippen LogP contribution in [-0.4, -0.2) is 83.5 Å². The van der Waals surface area contributed by atoms with E-state index in [0.717, 1.165) is 24.6 Å². The Hall–Kier alpha value is -1.54. The number of amides is 3. The van der Waals surface area contributed by atoms with Gasteiger partial charge in [-0.1, -0.05) is 12.2 Å². The number of fused-ring (bicyclic) bond motifs is 1. The Balaban J connectivity index is 1.50. The quantitative estimate of drug-likeness (QED) is 0.679. The Morgan fingerprint density at radius 3 is 2.88 bits per heavy atom. The molecular weight excluding hydrogens is 342 g/mol. The van der Waals surface area contributed by atoms with E-state index < -0.39 is 17.4 Å². The first-order valence-electron chi connectivity index (χ1n) is 8.79. The number of carbonyl (C=O) groups excluding carboxylic acids is 3. The first kappa shape index (κ1) is 16.9. The van der Waals surface area contributed by atoms with Crippen molar-refractivity contribution < 1.29 is 19.1 Å². The second-order valence-electron chi connectivity index (χ2n) is 7.08. The number of hydrogen-bond acceptors (Lipinski definition) is 5. The molecule has 2 unspecified atom stereocenters. The summed E-state index contributed by atoms with van der Waals surface area (Å²) in [5.41, 5.74) is -0.664. The Morgan fingerprint density at radius 2 is 2.16 bits per heavy atom. The number of thioether (sulfide) groups is 1. The van der Waals surface area contributed by atoms with Gasteiger partial charge < -0.3 is 19.9 Å². The van der Waals surface area contributed by atoms with Crippen molar-refractivity contribution in [2.45, 2.75) is 18.6 Å². The molecule has 1 N–H and O–H groups in total. The van der Waals surface area contributed by atoms with Crippen molar-refractivity contribution in [2.24, 2.45) is 11.8 Å². The molecule has 0 saturated carbocycles. The van der Waals surface area contributed by atoms with Crippen molar-refractivity contribution in [3.8, 4) is 0 Å². The lowest BCUT2D eigenvalue weighted by atomic mass is 9.76. The minimum atomic E-state index is -0.664. The van der Waals surface area contributed by atoms with Gasteiger partial charge in [0.25, 0.3) is 0 Å². The van der Waals surface area contributed by atoms with Crippen LogP contribution in [0.2, 0.25) is 0 Å². The van der Waals surface area contributed by atoms with E-state index in [4.69, 9.17) is 4.74 Å². The number of nitrogens with one attached hydrogen (secondary N) is 1.